The van der Waals surface area contributed by atoms with Crippen LogP contribution in [0.5, 0.6) is 0 Å². The minimum Gasteiger partial charge on any atom is -0.349 e. The van der Waals surface area contributed by atoms with E-state index in [0.29, 0.717) is 10.9 Å². The highest BCUT2D eigenvalue weighted by Crippen LogP contribution is 2.21. The molecule has 0 aliphatic heterocycles. The van der Waals surface area contributed by atoms with E-state index >= 15 is 0 Å². The summed E-state index contributed by atoms with van der Waals surface area (Å²) >= 11 is 1.38. The monoisotopic (exact) mass is 352 g/mol. The first-order chi connectivity index (χ1) is 12.1. The van der Waals surface area contributed by atoms with E-state index in [1.807, 2.05) is 73.0 Å². The van der Waals surface area contributed by atoms with Crippen molar-refractivity contribution in [1.29, 1.82) is 0 Å². The van der Waals surface area contributed by atoms with Crippen molar-refractivity contribution in [2.45, 2.75) is 25.0 Å². The van der Waals surface area contributed by atoms with E-state index in [0.717, 1.165) is 16.8 Å². The summed E-state index contributed by atoms with van der Waals surface area (Å²) in [6.45, 7) is 4.02. The molecule has 0 fully saturated rings. The van der Waals surface area contributed by atoms with E-state index in [1.54, 1.807) is 6.33 Å². The molecule has 6 heteroatoms. The molecule has 0 spiro atoms. The van der Waals surface area contributed by atoms with E-state index in [-0.39, 0.29) is 11.9 Å². The molecule has 0 aliphatic rings. The largest absolute Gasteiger partial charge is 0.349 e. The molecule has 1 atom stereocenters. The Morgan fingerprint density at radius 2 is 1.88 bits per heavy atom. The van der Waals surface area contributed by atoms with E-state index in [9.17, 15) is 4.79 Å². The first-order valence-corrected chi connectivity index (χ1v) is 9.07. The van der Waals surface area contributed by atoms with Gasteiger partial charge in [0.05, 0.1) is 17.5 Å². The summed E-state index contributed by atoms with van der Waals surface area (Å²) in [5.41, 5.74) is 3.24. The third kappa shape index (κ3) is 4.28. The Hall–Kier alpha value is -2.60. The number of rotatable bonds is 6. The highest BCUT2D eigenvalue weighted by Gasteiger charge is 2.13. The third-order valence-corrected chi connectivity index (χ3v) is 4.84. The fourth-order valence-corrected chi connectivity index (χ4v) is 3.29. The number of benzene rings is 2. The predicted molar refractivity (Wildman–Crippen MR) is 99.8 cm³/mol. The maximum absolute atomic E-state index is 12.2. The van der Waals surface area contributed by atoms with Crippen LogP contribution >= 0.6 is 11.8 Å². The second-order valence-electron chi connectivity index (χ2n) is 5.76. The van der Waals surface area contributed by atoms with Gasteiger partial charge in [0.15, 0.2) is 5.16 Å². The van der Waals surface area contributed by atoms with Crippen molar-refractivity contribution >= 4 is 17.7 Å². The first-order valence-electron chi connectivity index (χ1n) is 8.08. The fourth-order valence-electron chi connectivity index (χ4n) is 2.56. The molecule has 5 nitrogen and oxygen atoms in total. The lowest BCUT2D eigenvalue weighted by atomic mass is 10.1. The van der Waals surface area contributed by atoms with Gasteiger partial charge in [-0.25, -0.2) is 0 Å². The lowest BCUT2D eigenvalue weighted by Crippen LogP contribution is -2.28. The predicted octanol–water partition coefficient (Wildman–Crippen LogP) is 3.55. The average Bonchev–Trinajstić information content (AvgIpc) is 3.09. The van der Waals surface area contributed by atoms with Crippen molar-refractivity contribution < 1.29 is 4.79 Å². The van der Waals surface area contributed by atoms with Crippen LogP contribution in [0.25, 0.3) is 5.69 Å². The number of hydrogen-bond acceptors (Lipinski definition) is 4. The molecular weight excluding hydrogens is 332 g/mol. The van der Waals surface area contributed by atoms with Crippen molar-refractivity contribution in [2.75, 3.05) is 5.75 Å². The van der Waals surface area contributed by atoms with Crippen LogP contribution in [0.4, 0.5) is 0 Å². The quantitative estimate of drug-likeness (QED) is 0.689. The molecule has 0 radical (unpaired) electrons. The number of aryl methyl sites for hydroxylation is 1. The number of carbonyl (C=O) groups excluding carboxylic acids is 1. The number of nitrogens with one attached hydrogen (secondary N) is 1. The second-order valence-corrected chi connectivity index (χ2v) is 6.70. The molecule has 128 valence electrons. The fraction of sp³-hybridized carbons (Fsp3) is 0.211. The second kappa shape index (κ2) is 7.98. The molecule has 1 aromatic heterocycles. The number of carbonyl (C=O) groups is 1. The summed E-state index contributed by atoms with van der Waals surface area (Å²) in [4.78, 5) is 12.2. The summed E-state index contributed by atoms with van der Waals surface area (Å²) in [6.07, 6.45) is 1.68. The van der Waals surface area contributed by atoms with Crippen molar-refractivity contribution in [1.82, 2.24) is 20.1 Å². The van der Waals surface area contributed by atoms with Crippen molar-refractivity contribution in [3.8, 4) is 5.69 Å². The Morgan fingerprint density at radius 1 is 1.16 bits per heavy atom. The van der Waals surface area contributed by atoms with Gasteiger partial charge in [-0.15, -0.1) is 10.2 Å². The Kier molecular flexibility index (Phi) is 5.50. The molecule has 1 amide bonds. The van der Waals surface area contributed by atoms with E-state index in [4.69, 9.17) is 0 Å². The van der Waals surface area contributed by atoms with E-state index < -0.39 is 0 Å². The van der Waals surface area contributed by atoms with E-state index in [2.05, 4.69) is 15.5 Å². The lowest BCUT2D eigenvalue weighted by molar-refractivity contribution is -0.119. The van der Waals surface area contributed by atoms with Gasteiger partial charge < -0.3 is 5.32 Å². The minimum atomic E-state index is -0.0271. The minimum absolute atomic E-state index is 0.0245. The SMILES string of the molecule is Cc1ccccc1-n1cnnc1SCC(=O)N[C@@H](C)c1ccccc1. The zero-order chi connectivity index (χ0) is 17.6. The highest BCUT2D eigenvalue weighted by molar-refractivity contribution is 7.99. The van der Waals surface area contributed by atoms with Crippen LogP contribution in [-0.4, -0.2) is 26.4 Å². The standard InChI is InChI=1S/C19H20N4OS/c1-14-8-6-7-11-17(14)23-13-20-22-19(23)25-12-18(24)21-15(2)16-9-4-3-5-10-16/h3-11,13,15H,12H2,1-2H3,(H,21,24)/t15-/m0/s1. The number of nitrogens with zero attached hydrogens (tertiary/aromatic N) is 3. The van der Waals surface area contributed by atoms with Gasteiger partial charge in [0.2, 0.25) is 5.91 Å². The van der Waals surface area contributed by atoms with E-state index in [1.165, 1.54) is 11.8 Å². The maximum atomic E-state index is 12.2. The van der Waals surface area contributed by atoms with Crippen LogP contribution in [0.15, 0.2) is 66.1 Å². The van der Waals surface area contributed by atoms with Gasteiger partial charge in [-0.05, 0) is 31.0 Å². The number of hydrogen-bond donors (Lipinski definition) is 1. The van der Waals surface area contributed by atoms with Gasteiger partial charge in [0.25, 0.3) is 0 Å². The van der Waals surface area contributed by atoms with Gasteiger partial charge >= 0.3 is 0 Å². The number of amides is 1. The van der Waals surface area contributed by atoms with Crippen LogP contribution in [0.3, 0.4) is 0 Å². The zero-order valence-corrected chi connectivity index (χ0v) is 15.0. The molecule has 3 rings (SSSR count). The maximum Gasteiger partial charge on any atom is 0.230 e. The Balaban J connectivity index is 1.62. The van der Waals surface area contributed by atoms with Crippen molar-refractivity contribution in [2.24, 2.45) is 0 Å². The molecule has 0 bridgehead atoms. The molecule has 0 unspecified atom stereocenters. The molecule has 1 N–H and O–H groups in total. The van der Waals surface area contributed by atoms with Gasteiger partial charge in [-0.3, -0.25) is 9.36 Å². The number of thioether (sulfide) groups is 1. The molecule has 0 saturated carbocycles. The Bertz CT molecular complexity index is 847. The molecular formula is C19H20N4OS. The molecule has 0 saturated heterocycles. The Morgan fingerprint density at radius 3 is 2.64 bits per heavy atom. The lowest BCUT2D eigenvalue weighted by Gasteiger charge is -2.14. The van der Waals surface area contributed by atoms with Gasteiger partial charge in [-0.1, -0.05) is 60.3 Å². The molecule has 3 aromatic rings. The van der Waals surface area contributed by atoms with Crippen LogP contribution < -0.4 is 5.32 Å². The highest BCUT2D eigenvalue weighted by atomic mass is 32.2. The van der Waals surface area contributed by atoms with Crippen molar-refractivity contribution in [3.05, 3.63) is 72.1 Å². The van der Waals surface area contributed by atoms with Crippen LogP contribution in [-0.2, 0) is 4.79 Å². The zero-order valence-electron chi connectivity index (χ0n) is 14.2. The number of aromatic nitrogens is 3. The van der Waals surface area contributed by atoms with Crippen LogP contribution in [0.1, 0.15) is 24.1 Å². The first kappa shape index (κ1) is 17.2. The summed E-state index contributed by atoms with van der Waals surface area (Å²) in [5, 5.41) is 11.8. The molecule has 0 aliphatic carbocycles. The number of para-hydroxylation sites is 1. The summed E-state index contributed by atoms with van der Waals surface area (Å²) < 4.78 is 1.91. The third-order valence-electron chi connectivity index (χ3n) is 3.90. The van der Waals surface area contributed by atoms with Gasteiger partial charge in [-0.2, -0.15) is 0 Å². The summed E-state index contributed by atoms with van der Waals surface area (Å²) in [5.74, 6) is 0.266. The smallest absolute Gasteiger partial charge is 0.230 e. The molecule has 1 heterocycles. The van der Waals surface area contributed by atoms with Crippen LogP contribution in [0, 0.1) is 6.92 Å². The topological polar surface area (TPSA) is 59.8 Å². The molecule has 2 aromatic carbocycles. The summed E-state index contributed by atoms with van der Waals surface area (Å²) in [6, 6.07) is 17.9. The van der Waals surface area contributed by atoms with Gasteiger partial charge in [0, 0.05) is 0 Å². The van der Waals surface area contributed by atoms with Crippen LogP contribution in [0.2, 0.25) is 0 Å². The normalized spacial score (nSPS) is 11.9. The summed E-state index contributed by atoms with van der Waals surface area (Å²) in [7, 11) is 0. The van der Waals surface area contributed by atoms with Gasteiger partial charge in [0.1, 0.15) is 6.33 Å². The Labute approximate surface area is 151 Å². The van der Waals surface area contributed by atoms with Crippen molar-refractivity contribution in [3.63, 3.8) is 0 Å². The molecule has 25 heavy (non-hydrogen) atoms. The average molecular weight is 352 g/mol.